The summed E-state index contributed by atoms with van der Waals surface area (Å²) in [5, 5.41) is 5.00. The third-order valence-electron chi connectivity index (χ3n) is 3.08. The van der Waals surface area contributed by atoms with Gasteiger partial charge in [0, 0.05) is 5.33 Å². The molecule has 0 aliphatic heterocycles. The fourth-order valence-corrected chi connectivity index (χ4v) is 2.81. The summed E-state index contributed by atoms with van der Waals surface area (Å²) in [6.07, 6.45) is 0. The van der Waals surface area contributed by atoms with Crippen LogP contribution >= 0.6 is 31.9 Å². The molecule has 3 rings (SSSR count). The number of halogens is 4. The maximum absolute atomic E-state index is 13.9. The van der Waals surface area contributed by atoms with Gasteiger partial charge in [-0.05, 0) is 40.2 Å². The smallest absolute Gasteiger partial charge is 0.185 e. The molecule has 0 amide bonds. The summed E-state index contributed by atoms with van der Waals surface area (Å²) >= 11 is 6.65. The van der Waals surface area contributed by atoms with E-state index in [4.69, 9.17) is 9.26 Å². The van der Waals surface area contributed by atoms with Crippen molar-refractivity contribution in [1.29, 1.82) is 0 Å². The van der Waals surface area contributed by atoms with E-state index >= 15 is 0 Å². The van der Waals surface area contributed by atoms with E-state index in [1.807, 2.05) is 0 Å². The van der Waals surface area contributed by atoms with Crippen LogP contribution in [0.1, 0.15) is 0 Å². The highest BCUT2D eigenvalue weighted by molar-refractivity contribution is 9.10. The van der Waals surface area contributed by atoms with Crippen molar-refractivity contribution in [3.05, 3.63) is 46.4 Å². The lowest BCUT2D eigenvalue weighted by Crippen LogP contribution is -1.98. The molecule has 3 nitrogen and oxygen atoms in total. The second kappa shape index (κ2) is 6.34. The molecule has 7 heteroatoms. The number of fused-ring (bicyclic) bond motifs is 1. The highest BCUT2D eigenvalue weighted by Gasteiger charge is 2.21. The van der Waals surface area contributed by atoms with Crippen LogP contribution in [0.15, 0.2) is 39.3 Å². The van der Waals surface area contributed by atoms with Crippen LogP contribution in [0.25, 0.3) is 22.2 Å². The first-order valence-corrected chi connectivity index (χ1v) is 8.26. The third-order valence-corrected chi connectivity index (χ3v) is 4.15. The van der Waals surface area contributed by atoms with E-state index in [0.29, 0.717) is 33.1 Å². The van der Waals surface area contributed by atoms with Gasteiger partial charge in [-0.25, -0.2) is 8.78 Å². The Kier molecular flexibility index (Phi) is 4.44. The number of aromatic nitrogens is 1. The fourth-order valence-electron chi connectivity index (χ4n) is 2.12. The molecule has 3 aromatic rings. The number of ether oxygens (including phenoxy) is 1. The number of benzene rings is 2. The van der Waals surface area contributed by atoms with Crippen LogP contribution in [-0.4, -0.2) is 17.1 Å². The quantitative estimate of drug-likeness (QED) is 0.524. The summed E-state index contributed by atoms with van der Waals surface area (Å²) in [5.41, 5.74) is 0.297. The number of rotatable bonds is 4. The summed E-state index contributed by atoms with van der Waals surface area (Å²) in [6, 6.07) is 7.04. The molecule has 0 aliphatic rings. The minimum atomic E-state index is -0.689. The van der Waals surface area contributed by atoms with Gasteiger partial charge in [0.2, 0.25) is 0 Å². The molecule has 2 aromatic carbocycles. The van der Waals surface area contributed by atoms with Crippen LogP contribution < -0.4 is 4.74 Å². The maximum atomic E-state index is 13.9. The molecule has 0 aliphatic carbocycles. The van der Waals surface area contributed by atoms with Gasteiger partial charge >= 0.3 is 0 Å². The van der Waals surface area contributed by atoms with E-state index in [0.717, 1.165) is 0 Å². The molecule has 0 unspecified atom stereocenters. The lowest BCUT2D eigenvalue weighted by molar-refractivity contribution is 0.342. The molecule has 0 bridgehead atoms. The SMILES string of the molecule is Fc1cccc(F)c1-c1noc2c(Br)c(OCCBr)ccc12. The van der Waals surface area contributed by atoms with E-state index in [1.54, 1.807) is 12.1 Å². The molecular weight excluding hydrogens is 424 g/mol. The van der Waals surface area contributed by atoms with Crippen molar-refractivity contribution in [1.82, 2.24) is 5.16 Å². The Morgan fingerprint density at radius 3 is 2.55 bits per heavy atom. The predicted octanol–water partition coefficient (Wildman–Crippen LogP) is 5.31. The predicted molar refractivity (Wildman–Crippen MR) is 86.4 cm³/mol. The highest BCUT2D eigenvalue weighted by atomic mass is 79.9. The van der Waals surface area contributed by atoms with Gasteiger partial charge in [0.05, 0.1) is 17.6 Å². The molecular formula is C15H9Br2F2NO2. The van der Waals surface area contributed by atoms with E-state index in [-0.39, 0.29) is 11.3 Å². The van der Waals surface area contributed by atoms with Gasteiger partial charge in [-0.1, -0.05) is 27.2 Å². The molecule has 0 N–H and O–H groups in total. The van der Waals surface area contributed by atoms with E-state index in [9.17, 15) is 8.78 Å². The maximum Gasteiger partial charge on any atom is 0.185 e. The van der Waals surface area contributed by atoms with Gasteiger partial charge in [0.25, 0.3) is 0 Å². The lowest BCUT2D eigenvalue weighted by atomic mass is 10.1. The van der Waals surface area contributed by atoms with Crippen LogP contribution in [-0.2, 0) is 0 Å². The van der Waals surface area contributed by atoms with Crippen LogP contribution in [0.2, 0.25) is 0 Å². The molecule has 0 saturated carbocycles. The average Bonchev–Trinajstić information content (AvgIpc) is 2.91. The zero-order valence-electron chi connectivity index (χ0n) is 11.1. The van der Waals surface area contributed by atoms with E-state index < -0.39 is 11.6 Å². The molecule has 114 valence electrons. The Hall–Kier alpha value is -1.47. The molecule has 0 radical (unpaired) electrons. The van der Waals surface area contributed by atoms with Crippen molar-refractivity contribution in [3.63, 3.8) is 0 Å². The van der Waals surface area contributed by atoms with E-state index in [2.05, 4.69) is 37.0 Å². The van der Waals surface area contributed by atoms with Gasteiger partial charge < -0.3 is 9.26 Å². The summed E-state index contributed by atoms with van der Waals surface area (Å²) in [6.45, 7) is 0.479. The zero-order valence-corrected chi connectivity index (χ0v) is 14.2. The highest BCUT2D eigenvalue weighted by Crippen LogP contribution is 2.39. The molecule has 22 heavy (non-hydrogen) atoms. The number of alkyl halides is 1. The average molecular weight is 433 g/mol. The molecule has 1 heterocycles. The third kappa shape index (κ3) is 2.63. The molecule has 1 aromatic heterocycles. The summed E-state index contributed by atoms with van der Waals surface area (Å²) in [5.74, 6) is -0.805. The Balaban J connectivity index is 2.16. The number of nitrogens with zero attached hydrogens (tertiary/aromatic N) is 1. The van der Waals surface area contributed by atoms with Crippen molar-refractivity contribution >= 4 is 42.8 Å². The van der Waals surface area contributed by atoms with Gasteiger partial charge in [0.15, 0.2) is 5.58 Å². The van der Waals surface area contributed by atoms with Crippen LogP contribution in [0, 0.1) is 11.6 Å². The molecule has 0 fully saturated rings. The Morgan fingerprint density at radius 1 is 1.14 bits per heavy atom. The van der Waals surface area contributed by atoms with Crippen molar-refractivity contribution in [2.24, 2.45) is 0 Å². The lowest BCUT2D eigenvalue weighted by Gasteiger charge is -2.06. The molecule has 0 spiro atoms. The first-order chi connectivity index (χ1) is 10.6. The fraction of sp³-hybridized carbons (Fsp3) is 0.133. The van der Waals surface area contributed by atoms with Gasteiger partial charge in [-0.3, -0.25) is 0 Å². The van der Waals surface area contributed by atoms with Gasteiger partial charge in [0.1, 0.15) is 27.6 Å². The van der Waals surface area contributed by atoms with Crippen molar-refractivity contribution in [2.45, 2.75) is 0 Å². The second-order valence-corrected chi connectivity index (χ2v) is 6.01. The number of hydrogen-bond acceptors (Lipinski definition) is 3. The first-order valence-electron chi connectivity index (χ1n) is 6.34. The van der Waals surface area contributed by atoms with Gasteiger partial charge in [-0.2, -0.15) is 0 Å². The Morgan fingerprint density at radius 2 is 1.86 bits per heavy atom. The van der Waals surface area contributed by atoms with Crippen molar-refractivity contribution < 1.29 is 18.0 Å². The van der Waals surface area contributed by atoms with Crippen molar-refractivity contribution in [3.8, 4) is 17.0 Å². The summed E-state index contributed by atoms with van der Waals surface area (Å²) in [7, 11) is 0. The first kappa shape index (κ1) is 15.4. The minimum Gasteiger partial charge on any atom is -0.491 e. The normalized spacial score (nSPS) is 11.1. The topological polar surface area (TPSA) is 35.3 Å². The Labute approximate surface area is 141 Å². The number of hydrogen-bond donors (Lipinski definition) is 0. The van der Waals surface area contributed by atoms with Crippen LogP contribution in [0.3, 0.4) is 0 Å². The summed E-state index contributed by atoms with van der Waals surface area (Å²) in [4.78, 5) is 0. The van der Waals surface area contributed by atoms with Crippen molar-refractivity contribution in [2.75, 3.05) is 11.9 Å². The van der Waals surface area contributed by atoms with Gasteiger partial charge in [-0.15, -0.1) is 0 Å². The molecule has 0 saturated heterocycles. The van der Waals surface area contributed by atoms with Crippen LogP contribution in [0.4, 0.5) is 8.78 Å². The largest absolute Gasteiger partial charge is 0.491 e. The summed E-state index contributed by atoms with van der Waals surface area (Å²) < 4.78 is 39.2. The van der Waals surface area contributed by atoms with E-state index in [1.165, 1.54) is 18.2 Å². The Bertz CT molecular complexity index is 816. The monoisotopic (exact) mass is 431 g/mol. The minimum absolute atomic E-state index is 0.123. The standard InChI is InChI=1S/C15H9Br2F2NO2/c16-6-7-21-11-5-4-8-14(20-22-15(8)13(11)17)12-9(18)2-1-3-10(12)19/h1-5H,6-7H2. The molecule has 0 atom stereocenters. The van der Waals surface area contributed by atoms with Crippen LogP contribution in [0.5, 0.6) is 5.75 Å². The zero-order chi connectivity index (χ0) is 15.7. The second-order valence-electron chi connectivity index (χ2n) is 4.42.